The molecule has 3 nitrogen and oxygen atoms in total. The lowest BCUT2D eigenvalue weighted by atomic mass is 9.70. The Bertz CT molecular complexity index is 649. The molecule has 1 saturated heterocycles. The lowest BCUT2D eigenvalue weighted by Crippen LogP contribution is -2.51. The van der Waals surface area contributed by atoms with Crippen molar-refractivity contribution in [1.29, 1.82) is 0 Å². The van der Waals surface area contributed by atoms with E-state index >= 15 is 0 Å². The molecule has 0 amide bonds. The summed E-state index contributed by atoms with van der Waals surface area (Å²) in [7, 11) is 0. The number of hydrogen-bond acceptors (Lipinski definition) is 2. The van der Waals surface area contributed by atoms with Crippen LogP contribution in [0.15, 0.2) is 23.0 Å². The predicted molar refractivity (Wildman–Crippen MR) is 98.3 cm³/mol. The summed E-state index contributed by atoms with van der Waals surface area (Å²) in [5.74, 6) is 2.11. The summed E-state index contributed by atoms with van der Waals surface area (Å²) >= 11 is 0. The Balaban J connectivity index is 1.46. The van der Waals surface area contributed by atoms with E-state index in [4.69, 9.17) is 0 Å². The zero-order valence-electron chi connectivity index (χ0n) is 15.5. The lowest BCUT2D eigenvalue weighted by molar-refractivity contribution is 0.0427. The number of aromatic nitrogens is 1. The van der Waals surface area contributed by atoms with Gasteiger partial charge in [-0.15, -0.1) is 0 Å². The van der Waals surface area contributed by atoms with Gasteiger partial charge in [0.1, 0.15) is 0 Å². The second-order valence-corrected chi connectivity index (χ2v) is 9.52. The summed E-state index contributed by atoms with van der Waals surface area (Å²) < 4.78 is 2.05. The predicted octanol–water partition coefficient (Wildman–Crippen LogP) is 3.87. The SMILES string of the molecule is CC(C)(C)C1CCC(N2C[C@H]3C[C@@H](C2)c2cccc(=O)n2C3)CC1. The van der Waals surface area contributed by atoms with Crippen LogP contribution in [0.25, 0.3) is 0 Å². The van der Waals surface area contributed by atoms with Crippen LogP contribution >= 0.6 is 0 Å². The molecular weight excluding hydrogens is 296 g/mol. The molecule has 4 rings (SSSR count). The first-order chi connectivity index (χ1) is 11.4. The first-order valence-corrected chi connectivity index (χ1v) is 9.85. The Kier molecular flexibility index (Phi) is 4.11. The standard InChI is InChI=1S/C21H32N2O/c1-21(2,3)17-7-9-18(10-8-17)22-12-15-11-16(14-22)19-5-4-6-20(24)23(19)13-15/h4-6,15-18H,7-14H2,1-3H3/t15-,16+,17?,18?/m1/s1. The Hall–Kier alpha value is -1.09. The van der Waals surface area contributed by atoms with Crippen molar-refractivity contribution in [3.05, 3.63) is 34.2 Å². The molecule has 1 aromatic heterocycles. The van der Waals surface area contributed by atoms with Crippen molar-refractivity contribution in [1.82, 2.24) is 9.47 Å². The van der Waals surface area contributed by atoms with Crippen molar-refractivity contribution < 1.29 is 0 Å². The van der Waals surface area contributed by atoms with Gasteiger partial charge in [0.25, 0.3) is 5.56 Å². The number of piperidine rings is 1. The van der Waals surface area contributed by atoms with Gasteiger partial charge >= 0.3 is 0 Å². The Morgan fingerprint density at radius 3 is 2.46 bits per heavy atom. The van der Waals surface area contributed by atoms with E-state index in [1.54, 1.807) is 6.07 Å². The molecule has 0 N–H and O–H groups in total. The van der Waals surface area contributed by atoms with E-state index in [1.165, 1.54) is 44.3 Å². The monoisotopic (exact) mass is 328 g/mol. The smallest absolute Gasteiger partial charge is 0.250 e. The van der Waals surface area contributed by atoms with Crippen LogP contribution < -0.4 is 5.56 Å². The van der Waals surface area contributed by atoms with Crippen molar-refractivity contribution in [3.8, 4) is 0 Å². The Labute approximate surface area is 146 Å². The van der Waals surface area contributed by atoms with Crippen LogP contribution in [0, 0.1) is 17.3 Å². The summed E-state index contributed by atoms with van der Waals surface area (Å²) in [6.45, 7) is 10.5. The molecule has 1 aliphatic carbocycles. The van der Waals surface area contributed by atoms with Crippen LogP contribution in [0.3, 0.4) is 0 Å². The third-order valence-electron chi connectivity index (χ3n) is 6.95. The molecule has 0 unspecified atom stereocenters. The summed E-state index contributed by atoms with van der Waals surface area (Å²) in [6, 6.07) is 6.62. The summed E-state index contributed by atoms with van der Waals surface area (Å²) in [6.07, 6.45) is 6.77. The molecule has 3 heteroatoms. The van der Waals surface area contributed by atoms with E-state index in [-0.39, 0.29) is 5.56 Å². The molecule has 24 heavy (non-hydrogen) atoms. The fourth-order valence-electron chi connectivity index (χ4n) is 5.54. The zero-order valence-corrected chi connectivity index (χ0v) is 15.5. The van der Waals surface area contributed by atoms with E-state index < -0.39 is 0 Å². The van der Waals surface area contributed by atoms with Crippen molar-refractivity contribution >= 4 is 0 Å². The third-order valence-corrected chi connectivity index (χ3v) is 6.95. The summed E-state index contributed by atoms with van der Waals surface area (Å²) in [4.78, 5) is 14.9. The van der Waals surface area contributed by atoms with Crippen LogP contribution in [0.1, 0.15) is 64.5 Å². The van der Waals surface area contributed by atoms with Crippen LogP contribution in [0.2, 0.25) is 0 Å². The topological polar surface area (TPSA) is 25.2 Å². The van der Waals surface area contributed by atoms with Gasteiger partial charge in [0, 0.05) is 43.4 Å². The molecule has 0 radical (unpaired) electrons. The Morgan fingerprint density at radius 1 is 1.00 bits per heavy atom. The lowest BCUT2D eigenvalue weighted by Gasteiger charge is -2.48. The molecule has 0 spiro atoms. The molecule has 2 atom stereocenters. The van der Waals surface area contributed by atoms with Gasteiger partial charge in [0.05, 0.1) is 0 Å². The second-order valence-electron chi connectivity index (χ2n) is 9.52. The molecule has 1 saturated carbocycles. The molecule has 3 heterocycles. The molecule has 3 aliphatic rings. The zero-order chi connectivity index (χ0) is 16.9. The molecule has 2 bridgehead atoms. The van der Waals surface area contributed by atoms with Crippen LogP contribution in [-0.2, 0) is 6.54 Å². The molecule has 1 aromatic rings. The normalized spacial score (nSPS) is 34.0. The summed E-state index contributed by atoms with van der Waals surface area (Å²) in [5.41, 5.74) is 1.94. The highest BCUT2D eigenvalue weighted by atomic mass is 16.1. The average molecular weight is 329 g/mol. The summed E-state index contributed by atoms with van der Waals surface area (Å²) in [5, 5.41) is 0. The minimum atomic E-state index is 0.196. The second kappa shape index (κ2) is 6.01. The highest BCUT2D eigenvalue weighted by Crippen LogP contribution is 2.42. The largest absolute Gasteiger partial charge is 0.312 e. The fourth-order valence-corrected chi connectivity index (χ4v) is 5.54. The minimum Gasteiger partial charge on any atom is -0.312 e. The van der Waals surface area contributed by atoms with Crippen molar-refractivity contribution in [2.24, 2.45) is 17.3 Å². The average Bonchev–Trinajstić information content (AvgIpc) is 2.55. The van der Waals surface area contributed by atoms with Crippen molar-refractivity contribution in [2.75, 3.05) is 13.1 Å². The maximum Gasteiger partial charge on any atom is 0.250 e. The first-order valence-electron chi connectivity index (χ1n) is 9.85. The fraction of sp³-hybridized carbons (Fsp3) is 0.762. The van der Waals surface area contributed by atoms with Crippen LogP contribution in [0.5, 0.6) is 0 Å². The van der Waals surface area contributed by atoms with E-state index in [1.807, 2.05) is 10.6 Å². The van der Waals surface area contributed by atoms with Gasteiger partial charge in [-0.25, -0.2) is 0 Å². The highest BCUT2D eigenvalue weighted by molar-refractivity contribution is 5.17. The van der Waals surface area contributed by atoms with Gasteiger partial charge in [-0.05, 0) is 55.4 Å². The highest BCUT2D eigenvalue weighted by Gasteiger charge is 2.38. The van der Waals surface area contributed by atoms with Gasteiger partial charge in [-0.3, -0.25) is 9.69 Å². The van der Waals surface area contributed by atoms with E-state index in [2.05, 4.69) is 31.7 Å². The first kappa shape index (κ1) is 16.4. The maximum atomic E-state index is 12.2. The van der Waals surface area contributed by atoms with Crippen molar-refractivity contribution in [2.45, 2.75) is 71.4 Å². The number of pyridine rings is 1. The number of hydrogen-bond donors (Lipinski definition) is 0. The number of rotatable bonds is 1. The van der Waals surface area contributed by atoms with Crippen LogP contribution in [-0.4, -0.2) is 28.6 Å². The number of likely N-dealkylation sites (tertiary alicyclic amines) is 1. The van der Waals surface area contributed by atoms with Gasteiger partial charge in [0.15, 0.2) is 0 Å². The van der Waals surface area contributed by atoms with Gasteiger partial charge in [0.2, 0.25) is 0 Å². The number of nitrogens with zero attached hydrogens (tertiary/aromatic N) is 2. The minimum absolute atomic E-state index is 0.196. The third kappa shape index (κ3) is 2.96. The molecular formula is C21H32N2O. The molecule has 2 aliphatic heterocycles. The van der Waals surface area contributed by atoms with E-state index in [0.29, 0.717) is 17.3 Å². The van der Waals surface area contributed by atoms with E-state index in [0.717, 1.165) is 25.0 Å². The van der Waals surface area contributed by atoms with Gasteiger partial charge in [-0.2, -0.15) is 0 Å². The molecule has 0 aromatic carbocycles. The van der Waals surface area contributed by atoms with E-state index in [9.17, 15) is 4.79 Å². The van der Waals surface area contributed by atoms with Gasteiger partial charge < -0.3 is 4.57 Å². The van der Waals surface area contributed by atoms with Crippen molar-refractivity contribution in [3.63, 3.8) is 0 Å². The molecule has 132 valence electrons. The maximum absolute atomic E-state index is 12.2. The quantitative estimate of drug-likeness (QED) is 0.782. The van der Waals surface area contributed by atoms with Crippen LogP contribution in [0.4, 0.5) is 0 Å². The Morgan fingerprint density at radius 2 is 1.75 bits per heavy atom. The van der Waals surface area contributed by atoms with Gasteiger partial charge in [-0.1, -0.05) is 26.8 Å². The molecule has 2 fully saturated rings. The number of fused-ring (bicyclic) bond motifs is 4.